The van der Waals surface area contributed by atoms with Crippen molar-refractivity contribution >= 4 is 51.2 Å². The number of aromatic nitrogens is 4. The lowest BCUT2D eigenvalue weighted by atomic mass is 9.97. The van der Waals surface area contributed by atoms with Crippen LogP contribution in [0.2, 0.25) is 10.0 Å². The lowest BCUT2D eigenvalue weighted by molar-refractivity contribution is 0.0866. The van der Waals surface area contributed by atoms with Crippen molar-refractivity contribution in [2.75, 3.05) is 30.3 Å². The van der Waals surface area contributed by atoms with Crippen LogP contribution in [0.5, 0.6) is 0 Å². The Hall–Kier alpha value is -4.27. The fourth-order valence-corrected chi connectivity index (χ4v) is 7.51. The molecule has 9 nitrogen and oxygen atoms in total. The van der Waals surface area contributed by atoms with Crippen LogP contribution in [0.25, 0.3) is 10.9 Å². The Balaban J connectivity index is 1.26. The summed E-state index contributed by atoms with van der Waals surface area (Å²) in [5.41, 5.74) is 7.21. The van der Waals surface area contributed by atoms with Gasteiger partial charge in [0.15, 0.2) is 0 Å². The third kappa shape index (κ3) is 6.88. The lowest BCUT2D eigenvalue weighted by Gasteiger charge is -2.40. The summed E-state index contributed by atoms with van der Waals surface area (Å²) in [5.74, 6) is -0.529. The topological polar surface area (TPSA) is 97.9 Å². The fourth-order valence-electron chi connectivity index (χ4n) is 7.07. The molecule has 50 heavy (non-hydrogen) atoms. The minimum atomic E-state index is -0.529. The Labute approximate surface area is 302 Å². The Morgan fingerprint density at radius 3 is 2.48 bits per heavy atom. The summed E-state index contributed by atoms with van der Waals surface area (Å²) < 4.78 is 16.0. The van der Waals surface area contributed by atoms with Crippen molar-refractivity contribution in [3.63, 3.8) is 0 Å². The molecule has 2 N–H and O–H groups in total. The molecule has 258 valence electrons. The van der Waals surface area contributed by atoms with Crippen molar-refractivity contribution < 1.29 is 4.39 Å². The summed E-state index contributed by atoms with van der Waals surface area (Å²) >= 11 is 13.0. The quantitative estimate of drug-likeness (QED) is 0.165. The lowest BCUT2D eigenvalue weighted by Crippen LogP contribution is -2.46. The van der Waals surface area contributed by atoms with Gasteiger partial charge in [0.2, 0.25) is 0 Å². The van der Waals surface area contributed by atoms with Gasteiger partial charge in [-0.25, -0.2) is 9.07 Å². The summed E-state index contributed by atoms with van der Waals surface area (Å²) in [4.78, 5) is 9.46. The third-order valence-electron chi connectivity index (χ3n) is 9.96. The molecule has 0 saturated carbocycles. The Kier molecular flexibility index (Phi) is 9.44. The van der Waals surface area contributed by atoms with Gasteiger partial charge in [-0.1, -0.05) is 53.5 Å². The maximum Gasteiger partial charge on any atom is 0.141 e. The van der Waals surface area contributed by atoms with Gasteiger partial charge < -0.3 is 10.6 Å². The second kappa shape index (κ2) is 13.8. The molecule has 4 heterocycles. The highest BCUT2D eigenvalue weighted by atomic mass is 35.5. The summed E-state index contributed by atoms with van der Waals surface area (Å²) in [6.45, 7) is 13.8. The van der Waals surface area contributed by atoms with Crippen LogP contribution in [0, 0.1) is 17.1 Å². The number of nitriles is 1. The van der Waals surface area contributed by atoms with E-state index in [9.17, 15) is 9.65 Å². The van der Waals surface area contributed by atoms with E-state index in [4.69, 9.17) is 28.3 Å². The molecule has 3 aromatic carbocycles. The van der Waals surface area contributed by atoms with E-state index in [0.717, 1.165) is 56.8 Å². The smallest absolute Gasteiger partial charge is 0.141 e. The molecule has 1 fully saturated rings. The number of nitrogens with zero attached hydrogens (tertiary/aromatic N) is 7. The number of hydrogen-bond acceptors (Lipinski definition) is 8. The van der Waals surface area contributed by atoms with E-state index in [0.29, 0.717) is 38.6 Å². The van der Waals surface area contributed by atoms with Gasteiger partial charge in [0, 0.05) is 54.7 Å². The van der Waals surface area contributed by atoms with Gasteiger partial charge in [-0.2, -0.15) is 5.26 Å². The summed E-state index contributed by atoms with van der Waals surface area (Å²) in [6.07, 6.45) is 5.57. The first kappa shape index (κ1) is 34.2. The van der Waals surface area contributed by atoms with Crippen molar-refractivity contribution in [1.29, 1.82) is 5.26 Å². The number of fused-ring (bicyclic) bond motifs is 2. The number of anilines is 3. The minimum Gasteiger partial charge on any atom is -0.373 e. The maximum absolute atomic E-state index is 14.0. The zero-order chi connectivity index (χ0) is 35.2. The average molecular weight is 713 g/mol. The molecule has 12 heteroatoms. The van der Waals surface area contributed by atoms with E-state index in [1.807, 2.05) is 16.8 Å². The predicted octanol–water partition coefficient (Wildman–Crippen LogP) is 8.86. The van der Waals surface area contributed by atoms with Crippen LogP contribution in [0.15, 0.2) is 60.9 Å². The van der Waals surface area contributed by atoms with Crippen molar-refractivity contribution in [2.45, 2.75) is 71.2 Å². The first-order chi connectivity index (χ1) is 24.0. The first-order valence-corrected chi connectivity index (χ1v) is 17.8. The standard InChI is InChI=1S/C38H40Cl2FN9/c1-5-48-20-24-7-6-23(14-25(24)21-48)36(34-22-50(47-46-34)29-10-12-49(13-11-29)38(2,3)4)45-28-15-30-35(44-27-8-9-33(41)31(39)16-27)26(18-42)19-43-37(30)32(40)17-28/h6-9,14-17,19,22,29,36,45H,5,10-13,20-21H2,1-4H3,(H,43,44)/t36-/m0/s1. The number of rotatable bonds is 8. The first-order valence-electron chi connectivity index (χ1n) is 17.0. The van der Waals surface area contributed by atoms with E-state index in [1.165, 1.54) is 29.5 Å². The molecule has 1 atom stereocenters. The molecule has 5 aromatic rings. The second-order valence-corrected chi connectivity index (χ2v) is 15.0. The van der Waals surface area contributed by atoms with Gasteiger partial charge >= 0.3 is 0 Å². The van der Waals surface area contributed by atoms with Gasteiger partial charge in [-0.15, -0.1) is 5.10 Å². The molecule has 0 radical (unpaired) electrons. The molecular weight excluding hydrogens is 672 g/mol. The van der Waals surface area contributed by atoms with Crippen molar-refractivity contribution in [2.24, 2.45) is 0 Å². The summed E-state index contributed by atoms with van der Waals surface area (Å²) in [6, 6.07) is 16.9. The number of benzene rings is 3. The van der Waals surface area contributed by atoms with E-state index >= 15 is 0 Å². The van der Waals surface area contributed by atoms with Crippen LogP contribution in [0.1, 0.15) is 80.6 Å². The average Bonchev–Trinajstić information content (AvgIpc) is 3.76. The number of likely N-dealkylation sites (tertiary alicyclic amines) is 1. The number of pyridine rings is 1. The molecule has 2 aliphatic heterocycles. The normalized spacial score (nSPS) is 16.4. The second-order valence-electron chi connectivity index (χ2n) is 14.2. The van der Waals surface area contributed by atoms with Gasteiger partial charge in [0.05, 0.1) is 45.1 Å². The van der Waals surface area contributed by atoms with Crippen molar-refractivity contribution in [1.82, 2.24) is 29.8 Å². The molecule has 2 aliphatic rings. The Morgan fingerprint density at radius 1 is 1.00 bits per heavy atom. The van der Waals surface area contributed by atoms with Gasteiger partial charge in [0.25, 0.3) is 0 Å². The Bertz CT molecular complexity index is 2090. The number of nitrogens with one attached hydrogen (secondary N) is 2. The van der Waals surface area contributed by atoms with E-state index in [-0.39, 0.29) is 22.6 Å². The van der Waals surface area contributed by atoms with Crippen molar-refractivity contribution in [3.05, 3.63) is 105 Å². The molecule has 7 rings (SSSR count). The molecule has 0 bridgehead atoms. The summed E-state index contributed by atoms with van der Waals surface area (Å²) in [7, 11) is 0. The zero-order valence-corrected chi connectivity index (χ0v) is 30.2. The number of hydrogen-bond donors (Lipinski definition) is 2. The maximum atomic E-state index is 14.0. The zero-order valence-electron chi connectivity index (χ0n) is 28.6. The number of piperidine rings is 1. The predicted molar refractivity (Wildman–Crippen MR) is 197 cm³/mol. The van der Waals surface area contributed by atoms with Crippen LogP contribution in [0.3, 0.4) is 0 Å². The number of halogens is 3. The van der Waals surface area contributed by atoms with E-state index < -0.39 is 5.82 Å². The summed E-state index contributed by atoms with van der Waals surface area (Å²) in [5, 5.41) is 27.4. The molecular formula is C38H40Cl2FN9. The van der Waals surface area contributed by atoms with Crippen LogP contribution in [-0.4, -0.2) is 55.0 Å². The molecule has 2 aromatic heterocycles. The van der Waals surface area contributed by atoms with Gasteiger partial charge in [-0.3, -0.25) is 14.8 Å². The van der Waals surface area contributed by atoms with Crippen LogP contribution >= 0.6 is 23.2 Å². The van der Waals surface area contributed by atoms with Crippen LogP contribution in [0.4, 0.5) is 21.5 Å². The third-order valence-corrected chi connectivity index (χ3v) is 10.5. The fraction of sp³-hybridized carbons (Fsp3) is 0.368. The van der Waals surface area contributed by atoms with Crippen molar-refractivity contribution in [3.8, 4) is 6.07 Å². The van der Waals surface area contributed by atoms with Crippen LogP contribution in [-0.2, 0) is 13.1 Å². The van der Waals surface area contributed by atoms with E-state index in [2.05, 4.69) is 88.8 Å². The van der Waals surface area contributed by atoms with E-state index in [1.54, 1.807) is 6.07 Å². The highest BCUT2D eigenvalue weighted by Gasteiger charge is 2.30. The SMILES string of the molecule is CCN1Cc2ccc([C@H](Nc3cc(Cl)c4ncc(C#N)c(Nc5ccc(F)c(Cl)c5)c4c3)c3cn(C4CCN(C(C)(C)C)CC4)nn3)cc2C1. The van der Waals surface area contributed by atoms with Gasteiger partial charge in [0.1, 0.15) is 17.6 Å². The molecule has 0 spiro atoms. The monoisotopic (exact) mass is 711 g/mol. The Morgan fingerprint density at radius 2 is 1.76 bits per heavy atom. The molecule has 0 unspecified atom stereocenters. The largest absolute Gasteiger partial charge is 0.373 e. The molecule has 0 amide bonds. The minimum absolute atomic E-state index is 0.0284. The van der Waals surface area contributed by atoms with Crippen LogP contribution < -0.4 is 10.6 Å². The van der Waals surface area contributed by atoms with Gasteiger partial charge in [-0.05, 0) is 87.2 Å². The molecule has 0 aliphatic carbocycles. The molecule has 1 saturated heterocycles. The highest BCUT2D eigenvalue weighted by molar-refractivity contribution is 6.36. The highest BCUT2D eigenvalue weighted by Crippen LogP contribution is 2.38.